The van der Waals surface area contributed by atoms with E-state index in [1.54, 1.807) is 0 Å². The van der Waals surface area contributed by atoms with Gasteiger partial charge in [0.05, 0.1) is 0 Å². The Morgan fingerprint density at radius 2 is 1.72 bits per heavy atom. The zero-order chi connectivity index (χ0) is 12.8. The largest absolute Gasteiger partial charge is 0.354 e. The van der Waals surface area contributed by atoms with E-state index in [0.29, 0.717) is 6.04 Å². The molecule has 2 rings (SSSR count). The van der Waals surface area contributed by atoms with Gasteiger partial charge < -0.3 is 9.47 Å². The van der Waals surface area contributed by atoms with Crippen molar-refractivity contribution in [2.24, 2.45) is 0 Å². The third kappa shape index (κ3) is 4.14. The molecule has 0 N–H and O–H groups in total. The molecule has 18 heavy (non-hydrogen) atoms. The van der Waals surface area contributed by atoms with Gasteiger partial charge in [0, 0.05) is 38.1 Å². The summed E-state index contributed by atoms with van der Waals surface area (Å²) in [7, 11) is 0. The highest BCUT2D eigenvalue weighted by Crippen LogP contribution is 2.07. The Hall–Kier alpha value is -0.800. The Labute approximate surface area is 111 Å². The minimum Gasteiger partial charge on any atom is -0.354 e. The molecule has 0 amide bonds. The Morgan fingerprint density at radius 1 is 0.944 bits per heavy atom. The van der Waals surface area contributed by atoms with Gasteiger partial charge >= 0.3 is 0 Å². The summed E-state index contributed by atoms with van der Waals surface area (Å²) in [5.41, 5.74) is 0. The number of aryl methyl sites for hydroxylation is 1. The van der Waals surface area contributed by atoms with Crippen LogP contribution in [0.1, 0.15) is 26.7 Å². The second-order valence-electron chi connectivity index (χ2n) is 5.60. The predicted molar refractivity (Wildman–Crippen MR) is 76.8 cm³/mol. The van der Waals surface area contributed by atoms with Crippen molar-refractivity contribution in [3.8, 4) is 0 Å². The smallest absolute Gasteiger partial charge is 0.0231 e. The van der Waals surface area contributed by atoms with Gasteiger partial charge in [0.1, 0.15) is 0 Å². The Kier molecular flexibility index (Phi) is 5.26. The van der Waals surface area contributed by atoms with Gasteiger partial charge in [0.25, 0.3) is 0 Å². The molecule has 0 aromatic carbocycles. The third-order valence-corrected chi connectivity index (χ3v) is 3.91. The summed E-state index contributed by atoms with van der Waals surface area (Å²) < 4.78 is 2.28. The van der Waals surface area contributed by atoms with Crippen LogP contribution in [-0.4, -0.2) is 53.1 Å². The van der Waals surface area contributed by atoms with Crippen LogP contribution in [0.3, 0.4) is 0 Å². The van der Waals surface area contributed by atoms with E-state index in [9.17, 15) is 0 Å². The average Bonchev–Trinajstić information content (AvgIpc) is 2.73. The topological polar surface area (TPSA) is 11.4 Å². The lowest BCUT2D eigenvalue weighted by Crippen LogP contribution is -2.35. The Morgan fingerprint density at radius 3 is 2.44 bits per heavy atom. The number of hydrogen-bond donors (Lipinski definition) is 0. The molecule has 0 unspecified atom stereocenters. The zero-order valence-corrected chi connectivity index (χ0v) is 11.9. The molecule has 2 heterocycles. The molecule has 1 aliphatic heterocycles. The molecule has 0 bridgehead atoms. The molecular formula is C15H27N3. The van der Waals surface area contributed by atoms with Crippen molar-refractivity contribution in [1.82, 2.24) is 14.4 Å². The van der Waals surface area contributed by atoms with Crippen LogP contribution in [0, 0.1) is 0 Å². The van der Waals surface area contributed by atoms with E-state index >= 15 is 0 Å². The van der Waals surface area contributed by atoms with E-state index in [-0.39, 0.29) is 0 Å². The van der Waals surface area contributed by atoms with Crippen molar-refractivity contribution in [3.63, 3.8) is 0 Å². The first-order chi connectivity index (χ1) is 8.75. The second-order valence-corrected chi connectivity index (χ2v) is 5.60. The summed E-state index contributed by atoms with van der Waals surface area (Å²) in [4.78, 5) is 5.23. The van der Waals surface area contributed by atoms with Gasteiger partial charge in [0.2, 0.25) is 0 Å². The van der Waals surface area contributed by atoms with Crippen LogP contribution in [0.2, 0.25) is 0 Å². The fourth-order valence-corrected chi connectivity index (χ4v) is 2.73. The van der Waals surface area contributed by atoms with Gasteiger partial charge in [-0.15, -0.1) is 0 Å². The van der Waals surface area contributed by atoms with Crippen molar-refractivity contribution in [3.05, 3.63) is 24.5 Å². The monoisotopic (exact) mass is 249 g/mol. The summed E-state index contributed by atoms with van der Waals surface area (Å²) in [6.45, 7) is 12.0. The maximum atomic E-state index is 2.63. The van der Waals surface area contributed by atoms with Crippen molar-refractivity contribution < 1.29 is 0 Å². The lowest BCUT2D eigenvalue weighted by Gasteiger charge is -2.24. The number of aromatic nitrogens is 1. The lowest BCUT2D eigenvalue weighted by molar-refractivity contribution is 0.218. The molecule has 1 aromatic rings. The van der Waals surface area contributed by atoms with Crippen LogP contribution in [0.5, 0.6) is 0 Å². The first-order valence-electron chi connectivity index (χ1n) is 7.33. The van der Waals surface area contributed by atoms with E-state index < -0.39 is 0 Å². The van der Waals surface area contributed by atoms with Gasteiger partial charge in [-0.25, -0.2) is 0 Å². The first kappa shape index (κ1) is 13.6. The fraction of sp³-hybridized carbons (Fsp3) is 0.733. The average molecular weight is 249 g/mol. The van der Waals surface area contributed by atoms with E-state index in [2.05, 4.69) is 52.7 Å². The maximum Gasteiger partial charge on any atom is 0.0231 e. The number of nitrogens with zero attached hydrogens (tertiary/aromatic N) is 3. The van der Waals surface area contributed by atoms with Crippen LogP contribution < -0.4 is 0 Å². The molecule has 0 saturated carbocycles. The number of rotatable bonds is 5. The third-order valence-electron chi connectivity index (χ3n) is 3.91. The normalized spacial score (nSPS) is 19.3. The van der Waals surface area contributed by atoms with Crippen molar-refractivity contribution in [2.45, 2.75) is 39.3 Å². The molecule has 0 spiro atoms. The van der Waals surface area contributed by atoms with Crippen LogP contribution >= 0.6 is 0 Å². The van der Waals surface area contributed by atoms with Gasteiger partial charge in [-0.1, -0.05) is 0 Å². The molecule has 1 fully saturated rings. The standard InChI is InChI=1S/C15H27N3/c1-15(2)18-12-6-11-17(13-14-18)10-5-9-16-7-3-4-8-16/h3-4,7-8,15H,5-6,9-14H2,1-2H3. The van der Waals surface area contributed by atoms with Crippen molar-refractivity contribution in [1.29, 1.82) is 0 Å². The molecule has 0 aliphatic carbocycles. The minimum atomic E-state index is 0.699. The summed E-state index contributed by atoms with van der Waals surface area (Å²) >= 11 is 0. The highest BCUT2D eigenvalue weighted by molar-refractivity contribution is 4.90. The van der Waals surface area contributed by atoms with Crippen LogP contribution in [0.15, 0.2) is 24.5 Å². The molecule has 102 valence electrons. The van der Waals surface area contributed by atoms with E-state index in [0.717, 1.165) is 6.54 Å². The minimum absolute atomic E-state index is 0.699. The van der Waals surface area contributed by atoms with E-state index in [1.807, 2.05) is 0 Å². The summed E-state index contributed by atoms with van der Waals surface area (Å²) in [6.07, 6.45) is 6.89. The molecule has 3 nitrogen and oxygen atoms in total. The molecule has 1 saturated heterocycles. The lowest BCUT2D eigenvalue weighted by atomic mass is 10.3. The van der Waals surface area contributed by atoms with E-state index in [1.165, 1.54) is 45.6 Å². The maximum absolute atomic E-state index is 2.63. The summed E-state index contributed by atoms with van der Waals surface area (Å²) in [5.74, 6) is 0. The summed E-state index contributed by atoms with van der Waals surface area (Å²) in [6, 6.07) is 4.91. The SMILES string of the molecule is CC(C)N1CCCN(CCCn2cccc2)CC1. The van der Waals surface area contributed by atoms with Crippen LogP contribution in [0.4, 0.5) is 0 Å². The molecule has 0 atom stereocenters. The van der Waals surface area contributed by atoms with Crippen molar-refractivity contribution in [2.75, 3.05) is 32.7 Å². The molecular weight excluding hydrogens is 222 g/mol. The number of hydrogen-bond acceptors (Lipinski definition) is 2. The Bertz CT molecular complexity index is 318. The summed E-state index contributed by atoms with van der Waals surface area (Å²) in [5, 5.41) is 0. The Balaban J connectivity index is 1.67. The zero-order valence-electron chi connectivity index (χ0n) is 11.9. The molecule has 1 aliphatic rings. The quantitative estimate of drug-likeness (QED) is 0.793. The fourth-order valence-electron chi connectivity index (χ4n) is 2.73. The van der Waals surface area contributed by atoms with Crippen LogP contribution in [-0.2, 0) is 6.54 Å². The second kappa shape index (κ2) is 6.95. The first-order valence-corrected chi connectivity index (χ1v) is 7.33. The van der Waals surface area contributed by atoms with Gasteiger partial charge in [-0.05, 0) is 58.5 Å². The molecule has 3 heteroatoms. The highest BCUT2D eigenvalue weighted by atomic mass is 15.2. The molecule has 0 radical (unpaired) electrons. The van der Waals surface area contributed by atoms with Crippen LogP contribution in [0.25, 0.3) is 0 Å². The highest BCUT2D eigenvalue weighted by Gasteiger charge is 2.15. The van der Waals surface area contributed by atoms with Crippen molar-refractivity contribution >= 4 is 0 Å². The van der Waals surface area contributed by atoms with Gasteiger partial charge in [0.15, 0.2) is 0 Å². The van der Waals surface area contributed by atoms with Gasteiger partial charge in [-0.2, -0.15) is 0 Å². The molecule has 1 aromatic heterocycles. The van der Waals surface area contributed by atoms with E-state index in [4.69, 9.17) is 0 Å². The van der Waals surface area contributed by atoms with Gasteiger partial charge in [-0.3, -0.25) is 4.90 Å². The predicted octanol–water partition coefficient (Wildman–Crippen LogP) is 2.29.